The number of rotatable bonds is 5. The lowest BCUT2D eigenvalue weighted by molar-refractivity contribution is 0.318. The van der Waals surface area contributed by atoms with E-state index in [1.165, 1.54) is 17.7 Å². The molecule has 2 N–H and O–H groups in total. The molecule has 2 aromatic carbocycles. The van der Waals surface area contributed by atoms with Gasteiger partial charge in [0.25, 0.3) is 0 Å². The Morgan fingerprint density at radius 2 is 1.86 bits per heavy atom. The summed E-state index contributed by atoms with van der Waals surface area (Å²) in [6.07, 6.45) is 0. The second-order valence-electron chi connectivity index (χ2n) is 4.96. The van der Waals surface area contributed by atoms with Crippen LogP contribution in [-0.4, -0.2) is 16.9 Å². The largest absolute Gasteiger partial charge is 0.389 e. The van der Waals surface area contributed by atoms with E-state index in [-0.39, 0.29) is 5.82 Å². The van der Waals surface area contributed by atoms with Crippen molar-refractivity contribution in [2.24, 2.45) is 5.73 Å². The molecule has 0 saturated heterocycles. The molecular formula is C16H16BrFN2S. The molecule has 0 aliphatic rings. The standard InChI is InChI=1S/C16H16BrFN2S/c1-20(9-11-2-4-13(17)5-3-11)10-12-8-14(18)6-7-15(12)16(19)21/h2-8H,9-10H2,1H3,(H2,19,21). The zero-order valence-corrected chi connectivity index (χ0v) is 14.0. The lowest BCUT2D eigenvalue weighted by atomic mass is 10.1. The third-order valence-corrected chi connectivity index (χ3v) is 3.89. The highest BCUT2D eigenvalue weighted by atomic mass is 79.9. The third-order valence-electron chi connectivity index (χ3n) is 3.14. The van der Waals surface area contributed by atoms with Gasteiger partial charge >= 0.3 is 0 Å². The number of nitrogens with zero attached hydrogens (tertiary/aromatic N) is 1. The van der Waals surface area contributed by atoms with Gasteiger partial charge in [0, 0.05) is 23.1 Å². The van der Waals surface area contributed by atoms with E-state index >= 15 is 0 Å². The minimum absolute atomic E-state index is 0.276. The van der Waals surface area contributed by atoms with Crippen LogP contribution in [0.3, 0.4) is 0 Å². The Kier molecular flexibility index (Phi) is 5.45. The van der Waals surface area contributed by atoms with E-state index in [2.05, 4.69) is 33.0 Å². The molecule has 21 heavy (non-hydrogen) atoms. The fourth-order valence-corrected chi connectivity index (χ4v) is 2.65. The quantitative estimate of drug-likeness (QED) is 0.814. The monoisotopic (exact) mass is 366 g/mol. The fourth-order valence-electron chi connectivity index (χ4n) is 2.18. The molecule has 0 aliphatic heterocycles. The highest BCUT2D eigenvalue weighted by molar-refractivity contribution is 9.10. The van der Waals surface area contributed by atoms with Crippen molar-refractivity contribution in [3.8, 4) is 0 Å². The van der Waals surface area contributed by atoms with Gasteiger partial charge in [-0.2, -0.15) is 0 Å². The molecule has 0 aliphatic carbocycles. The first-order valence-electron chi connectivity index (χ1n) is 6.47. The Morgan fingerprint density at radius 3 is 2.48 bits per heavy atom. The van der Waals surface area contributed by atoms with Crippen molar-refractivity contribution in [3.63, 3.8) is 0 Å². The van der Waals surface area contributed by atoms with Crippen LogP contribution in [-0.2, 0) is 13.1 Å². The summed E-state index contributed by atoms with van der Waals surface area (Å²) in [5.41, 5.74) is 8.42. The summed E-state index contributed by atoms with van der Waals surface area (Å²) >= 11 is 8.44. The summed E-state index contributed by atoms with van der Waals surface area (Å²) in [5.74, 6) is -0.276. The Balaban J connectivity index is 2.12. The van der Waals surface area contributed by atoms with Gasteiger partial charge in [-0.1, -0.05) is 40.3 Å². The molecule has 0 saturated carbocycles. The number of hydrogen-bond acceptors (Lipinski definition) is 2. The van der Waals surface area contributed by atoms with Gasteiger partial charge in [-0.15, -0.1) is 0 Å². The minimum Gasteiger partial charge on any atom is -0.389 e. The van der Waals surface area contributed by atoms with Gasteiger partial charge in [-0.3, -0.25) is 4.90 Å². The van der Waals surface area contributed by atoms with Crippen LogP contribution in [0.25, 0.3) is 0 Å². The third kappa shape index (κ3) is 4.59. The number of halogens is 2. The maximum Gasteiger partial charge on any atom is 0.123 e. The van der Waals surface area contributed by atoms with Crippen LogP contribution in [0.5, 0.6) is 0 Å². The van der Waals surface area contributed by atoms with Gasteiger partial charge in [0.15, 0.2) is 0 Å². The number of nitrogens with two attached hydrogens (primary N) is 1. The molecule has 0 heterocycles. The van der Waals surface area contributed by atoms with Gasteiger partial charge in [-0.05, 0) is 48.5 Å². The van der Waals surface area contributed by atoms with Crippen molar-refractivity contribution >= 4 is 33.1 Å². The zero-order valence-electron chi connectivity index (χ0n) is 11.6. The van der Waals surface area contributed by atoms with E-state index in [0.717, 1.165) is 22.1 Å². The van der Waals surface area contributed by atoms with Crippen LogP contribution in [0.15, 0.2) is 46.9 Å². The predicted octanol–water partition coefficient (Wildman–Crippen LogP) is 3.85. The Hall–Kier alpha value is -1.30. The van der Waals surface area contributed by atoms with Crippen molar-refractivity contribution in [3.05, 3.63) is 69.4 Å². The lowest BCUT2D eigenvalue weighted by Crippen LogP contribution is -2.21. The summed E-state index contributed by atoms with van der Waals surface area (Å²) < 4.78 is 14.5. The SMILES string of the molecule is CN(Cc1ccc(Br)cc1)Cc1cc(F)ccc1C(N)=S. The smallest absolute Gasteiger partial charge is 0.123 e. The normalized spacial score (nSPS) is 10.9. The summed E-state index contributed by atoms with van der Waals surface area (Å²) in [6, 6.07) is 12.6. The van der Waals surface area contributed by atoms with Crippen molar-refractivity contribution in [1.29, 1.82) is 0 Å². The van der Waals surface area contributed by atoms with Crippen molar-refractivity contribution in [2.75, 3.05) is 7.05 Å². The fraction of sp³-hybridized carbons (Fsp3) is 0.188. The molecule has 2 rings (SSSR count). The van der Waals surface area contributed by atoms with E-state index in [4.69, 9.17) is 18.0 Å². The Morgan fingerprint density at radius 1 is 1.19 bits per heavy atom. The molecule has 0 bridgehead atoms. The van der Waals surface area contributed by atoms with Crippen molar-refractivity contribution in [1.82, 2.24) is 4.90 Å². The van der Waals surface area contributed by atoms with Crippen LogP contribution in [0.1, 0.15) is 16.7 Å². The van der Waals surface area contributed by atoms with E-state index in [1.807, 2.05) is 19.2 Å². The van der Waals surface area contributed by atoms with Crippen molar-refractivity contribution < 1.29 is 4.39 Å². The molecule has 2 aromatic rings. The van der Waals surface area contributed by atoms with Crippen LogP contribution < -0.4 is 5.73 Å². The molecule has 0 unspecified atom stereocenters. The highest BCUT2D eigenvalue weighted by Gasteiger charge is 2.09. The number of hydrogen-bond donors (Lipinski definition) is 1. The van der Waals surface area contributed by atoms with E-state index in [1.54, 1.807) is 6.07 Å². The highest BCUT2D eigenvalue weighted by Crippen LogP contribution is 2.16. The first-order valence-corrected chi connectivity index (χ1v) is 7.67. The van der Waals surface area contributed by atoms with Crippen LogP contribution in [0, 0.1) is 5.82 Å². The molecule has 0 spiro atoms. The predicted molar refractivity (Wildman–Crippen MR) is 91.6 cm³/mol. The maximum absolute atomic E-state index is 13.4. The van der Waals surface area contributed by atoms with Crippen molar-refractivity contribution in [2.45, 2.75) is 13.1 Å². The van der Waals surface area contributed by atoms with Crippen LogP contribution in [0.2, 0.25) is 0 Å². The van der Waals surface area contributed by atoms with Gasteiger partial charge < -0.3 is 5.73 Å². The van der Waals surface area contributed by atoms with Gasteiger partial charge in [-0.25, -0.2) is 4.39 Å². The average Bonchev–Trinajstić information content (AvgIpc) is 2.41. The second-order valence-corrected chi connectivity index (χ2v) is 6.32. The molecule has 0 aromatic heterocycles. The van der Waals surface area contributed by atoms with Gasteiger partial charge in [0.05, 0.1) is 0 Å². The summed E-state index contributed by atoms with van der Waals surface area (Å²) in [7, 11) is 1.98. The summed E-state index contributed by atoms with van der Waals surface area (Å²) in [4.78, 5) is 2.39. The molecule has 110 valence electrons. The first kappa shape index (κ1) is 16.1. The van der Waals surface area contributed by atoms with E-state index in [0.29, 0.717) is 11.5 Å². The summed E-state index contributed by atoms with van der Waals surface area (Å²) in [5, 5.41) is 0. The Labute approximate surface area is 137 Å². The molecule has 0 radical (unpaired) electrons. The maximum atomic E-state index is 13.4. The van der Waals surface area contributed by atoms with Gasteiger partial charge in [0.2, 0.25) is 0 Å². The number of benzene rings is 2. The summed E-state index contributed by atoms with van der Waals surface area (Å²) in [6.45, 7) is 1.35. The molecule has 0 amide bonds. The van der Waals surface area contributed by atoms with E-state index in [9.17, 15) is 4.39 Å². The Bertz CT molecular complexity index is 643. The lowest BCUT2D eigenvalue weighted by Gasteiger charge is -2.19. The van der Waals surface area contributed by atoms with Gasteiger partial charge in [0.1, 0.15) is 10.8 Å². The minimum atomic E-state index is -0.276. The van der Waals surface area contributed by atoms with Crippen LogP contribution >= 0.6 is 28.1 Å². The molecule has 2 nitrogen and oxygen atoms in total. The second kappa shape index (κ2) is 7.11. The molecule has 0 fully saturated rings. The molecule has 0 atom stereocenters. The number of thiocarbonyl (C=S) groups is 1. The molecule has 5 heteroatoms. The van der Waals surface area contributed by atoms with E-state index < -0.39 is 0 Å². The molecular weight excluding hydrogens is 351 g/mol. The van der Waals surface area contributed by atoms with Crippen LogP contribution in [0.4, 0.5) is 4.39 Å². The average molecular weight is 367 g/mol. The zero-order chi connectivity index (χ0) is 15.4. The first-order chi connectivity index (χ1) is 9.95. The topological polar surface area (TPSA) is 29.3 Å².